The maximum atomic E-state index is 11.6. The zero-order valence-electron chi connectivity index (χ0n) is 12.2. The minimum atomic E-state index is -0.0340. The second kappa shape index (κ2) is 5.70. The van der Waals surface area contributed by atoms with E-state index in [9.17, 15) is 4.79 Å². The lowest BCUT2D eigenvalue weighted by molar-refractivity contribution is -0.119. The lowest BCUT2D eigenvalue weighted by Crippen LogP contribution is -2.41. The molecule has 0 aromatic rings. The molecular weight excluding hydrogens is 224 g/mol. The Bertz CT molecular complexity index is 282. The van der Waals surface area contributed by atoms with Crippen molar-refractivity contribution in [3.05, 3.63) is 0 Å². The van der Waals surface area contributed by atoms with Crippen LogP contribution in [0.1, 0.15) is 39.0 Å². The van der Waals surface area contributed by atoms with Gasteiger partial charge in [0.2, 0.25) is 0 Å². The lowest BCUT2D eigenvalue weighted by Gasteiger charge is -2.37. The van der Waals surface area contributed by atoms with E-state index in [2.05, 4.69) is 30.8 Å². The van der Waals surface area contributed by atoms with E-state index < -0.39 is 0 Å². The van der Waals surface area contributed by atoms with E-state index >= 15 is 0 Å². The number of aldehydes is 1. The largest absolute Gasteiger partial charge is 0.305 e. The first kappa shape index (κ1) is 14.0. The van der Waals surface area contributed by atoms with Gasteiger partial charge in [0.05, 0.1) is 0 Å². The van der Waals surface area contributed by atoms with Crippen molar-refractivity contribution in [3.63, 3.8) is 0 Å². The van der Waals surface area contributed by atoms with Gasteiger partial charge in [-0.05, 0) is 58.7 Å². The van der Waals surface area contributed by atoms with E-state index in [0.29, 0.717) is 6.04 Å². The molecule has 104 valence electrons. The van der Waals surface area contributed by atoms with Gasteiger partial charge in [0.15, 0.2) is 0 Å². The molecule has 3 nitrogen and oxygen atoms in total. The quantitative estimate of drug-likeness (QED) is 0.715. The summed E-state index contributed by atoms with van der Waals surface area (Å²) in [5.74, 6) is 0.811. The summed E-state index contributed by atoms with van der Waals surface area (Å²) in [7, 11) is 4.32. The molecule has 0 spiro atoms. The molecule has 1 heterocycles. The Balaban J connectivity index is 1.89. The summed E-state index contributed by atoms with van der Waals surface area (Å²) in [6.07, 6.45) is 7.16. The zero-order chi connectivity index (χ0) is 13.2. The summed E-state index contributed by atoms with van der Waals surface area (Å²) in [5.41, 5.74) is -0.0340. The lowest BCUT2D eigenvalue weighted by atomic mass is 9.71. The minimum Gasteiger partial charge on any atom is -0.305 e. The number of hydrogen-bond donors (Lipinski definition) is 0. The summed E-state index contributed by atoms with van der Waals surface area (Å²) < 4.78 is 0. The van der Waals surface area contributed by atoms with Crippen molar-refractivity contribution in [2.24, 2.45) is 11.3 Å². The highest BCUT2D eigenvalue weighted by molar-refractivity contribution is 5.60. The topological polar surface area (TPSA) is 23.6 Å². The molecule has 18 heavy (non-hydrogen) atoms. The molecule has 1 saturated heterocycles. The van der Waals surface area contributed by atoms with Crippen LogP contribution in [0.15, 0.2) is 0 Å². The van der Waals surface area contributed by atoms with Gasteiger partial charge in [-0.25, -0.2) is 0 Å². The highest BCUT2D eigenvalue weighted by Gasteiger charge is 2.37. The van der Waals surface area contributed by atoms with Crippen LogP contribution in [0.4, 0.5) is 0 Å². The molecule has 1 atom stereocenters. The molecule has 1 unspecified atom stereocenters. The Morgan fingerprint density at radius 2 is 1.94 bits per heavy atom. The Kier molecular flexibility index (Phi) is 4.44. The third-order valence-corrected chi connectivity index (χ3v) is 5.04. The van der Waals surface area contributed by atoms with Crippen LogP contribution in [0.25, 0.3) is 0 Å². The third-order valence-electron chi connectivity index (χ3n) is 5.04. The van der Waals surface area contributed by atoms with Crippen molar-refractivity contribution in [2.75, 3.05) is 33.7 Å². The van der Waals surface area contributed by atoms with Crippen molar-refractivity contribution in [1.82, 2.24) is 9.80 Å². The molecule has 3 heteroatoms. The van der Waals surface area contributed by atoms with Crippen LogP contribution in [0.3, 0.4) is 0 Å². The molecule has 0 N–H and O–H groups in total. The molecule has 2 rings (SSSR count). The van der Waals surface area contributed by atoms with Gasteiger partial charge in [-0.2, -0.15) is 0 Å². The second-order valence-electron chi connectivity index (χ2n) is 6.80. The van der Waals surface area contributed by atoms with Crippen LogP contribution in [-0.2, 0) is 4.79 Å². The van der Waals surface area contributed by atoms with Gasteiger partial charge >= 0.3 is 0 Å². The predicted molar refractivity (Wildman–Crippen MR) is 74.7 cm³/mol. The van der Waals surface area contributed by atoms with Crippen molar-refractivity contribution in [1.29, 1.82) is 0 Å². The molecule has 0 amide bonds. The molecule has 1 aliphatic carbocycles. The monoisotopic (exact) mass is 252 g/mol. The van der Waals surface area contributed by atoms with Crippen molar-refractivity contribution in [3.8, 4) is 0 Å². The Labute approximate surface area is 112 Å². The predicted octanol–water partition coefficient (Wildman–Crippen LogP) is 2.02. The van der Waals surface area contributed by atoms with Crippen molar-refractivity contribution >= 4 is 6.29 Å². The maximum Gasteiger partial charge on any atom is 0.127 e. The van der Waals surface area contributed by atoms with E-state index in [1.807, 2.05) is 0 Å². The van der Waals surface area contributed by atoms with E-state index in [4.69, 9.17) is 0 Å². The normalized spacial score (nSPS) is 38.2. The highest BCUT2D eigenvalue weighted by atomic mass is 16.1. The zero-order valence-corrected chi connectivity index (χ0v) is 12.2. The van der Waals surface area contributed by atoms with Crippen molar-refractivity contribution in [2.45, 2.75) is 45.1 Å². The molecule has 1 saturated carbocycles. The van der Waals surface area contributed by atoms with Crippen LogP contribution < -0.4 is 0 Å². The summed E-state index contributed by atoms with van der Waals surface area (Å²) in [6.45, 7) is 5.60. The number of carbonyl (C=O) groups is 1. The fourth-order valence-corrected chi connectivity index (χ4v) is 3.47. The van der Waals surface area contributed by atoms with Gasteiger partial charge in [-0.1, -0.05) is 6.92 Å². The molecule has 1 aliphatic heterocycles. The fraction of sp³-hybridized carbons (Fsp3) is 0.933. The van der Waals surface area contributed by atoms with Crippen LogP contribution in [-0.4, -0.2) is 55.9 Å². The summed E-state index contributed by atoms with van der Waals surface area (Å²) in [6, 6.07) is 0.677. The molecule has 2 aliphatic rings. The van der Waals surface area contributed by atoms with Gasteiger partial charge in [0.25, 0.3) is 0 Å². The van der Waals surface area contributed by atoms with Gasteiger partial charge in [-0.15, -0.1) is 0 Å². The fourth-order valence-electron chi connectivity index (χ4n) is 3.47. The van der Waals surface area contributed by atoms with E-state index in [1.54, 1.807) is 0 Å². The second-order valence-corrected chi connectivity index (χ2v) is 6.80. The number of hydrogen-bond acceptors (Lipinski definition) is 3. The summed E-state index contributed by atoms with van der Waals surface area (Å²) >= 11 is 0. The third kappa shape index (κ3) is 3.12. The van der Waals surface area contributed by atoms with Crippen molar-refractivity contribution < 1.29 is 4.79 Å². The van der Waals surface area contributed by atoms with E-state index in [0.717, 1.165) is 38.4 Å². The number of likely N-dealkylation sites (N-methyl/N-ethyl adjacent to an activating group) is 1. The number of nitrogens with zero attached hydrogens (tertiary/aromatic N) is 2. The molecule has 0 bridgehead atoms. The first-order chi connectivity index (χ1) is 8.54. The van der Waals surface area contributed by atoms with Crippen LogP contribution in [0, 0.1) is 11.3 Å². The van der Waals surface area contributed by atoms with Crippen LogP contribution >= 0.6 is 0 Å². The van der Waals surface area contributed by atoms with Crippen LogP contribution in [0.5, 0.6) is 0 Å². The molecule has 2 fully saturated rings. The van der Waals surface area contributed by atoms with Crippen LogP contribution in [0.2, 0.25) is 0 Å². The average molecular weight is 252 g/mol. The Morgan fingerprint density at radius 3 is 2.44 bits per heavy atom. The number of likely N-dealkylation sites (tertiary alicyclic amines) is 1. The SMILES string of the molecule is CC1CCC(C=O)(CN2CCC(N(C)C)C2)CC1. The maximum absolute atomic E-state index is 11.6. The molecule has 0 aromatic heterocycles. The van der Waals surface area contributed by atoms with Gasteiger partial charge in [-0.3, -0.25) is 0 Å². The minimum absolute atomic E-state index is 0.0340. The van der Waals surface area contributed by atoms with E-state index in [1.165, 1.54) is 25.5 Å². The summed E-state index contributed by atoms with van der Waals surface area (Å²) in [4.78, 5) is 16.4. The summed E-state index contributed by atoms with van der Waals surface area (Å²) in [5, 5.41) is 0. The van der Waals surface area contributed by atoms with Gasteiger partial charge in [0, 0.05) is 24.5 Å². The van der Waals surface area contributed by atoms with E-state index in [-0.39, 0.29) is 5.41 Å². The molecule has 0 aromatic carbocycles. The first-order valence-corrected chi connectivity index (χ1v) is 7.40. The Hall–Kier alpha value is -0.410. The number of carbonyl (C=O) groups excluding carboxylic acids is 1. The number of rotatable bonds is 4. The van der Waals surface area contributed by atoms with Gasteiger partial charge in [0.1, 0.15) is 6.29 Å². The average Bonchev–Trinajstić information content (AvgIpc) is 2.81. The highest BCUT2D eigenvalue weighted by Crippen LogP contribution is 2.38. The van der Waals surface area contributed by atoms with Gasteiger partial charge < -0.3 is 14.6 Å². The smallest absolute Gasteiger partial charge is 0.127 e. The Morgan fingerprint density at radius 1 is 1.28 bits per heavy atom. The molecular formula is C15H28N2O. The first-order valence-electron chi connectivity index (χ1n) is 7.40. The molecule has 0 radical (unpaired) electrons. The standard InChI is InChI=1S/C15H28N2O/c1-13-4-7-15(12-18,8-5-13)11-17-9-6-14(10-17)16(2)3/h12-14H,4-11H2,1-3H3.